The highest BCUT2D eigenvalue weighted by atomic mass is 16.5. The zero-order chi connectivity index (χ0) is 25.2. The van der Waals surface area contributed by atoms with Gasteiger partial charge in [-0.05, 0) is 38.7 Å². The van der Waals surface area contributed by atoms with Crippen molar-refractivity contribution in [3.05, 3.63) is 46.3 Å². The van der Waals surface area contributed by atoms with E-state index in [9.17, 15) is 14.4 Å². The number of nitrogens with one attached hydrogen (secondary N) is 1. The maximum atomic E-state index is 13.8. The van der Waals surface area contributed by atoms with Crippen LogP contribution >= 0.6 is 0 Å². The lowest BCUT2D eigenvalue weighted by Crippen LogP contribution is -2.43. The first-order valence-electron chi connectivity index (χ1n) is 11.4. The molecule has 0 spiro atoms. The summed E-state index contributed by atoms with van der Waals surface area (Å²) in [5.74, 6) is -2.43. The van der Waals surface area contributed by atoms with Crippen molar-refractivity contribution in [3.63, 3.8) is 0 Å². The van der Waals surface area contributed by atoms with Gasteiger partial charge in [0.1, 0.15) is 17.4 Å². The lowest BCUT2D eigenvalue weighted by Gasteiger charge is -2.38. The van der Waals surface area contributed by atoms with Gasteiger partial charge < -0.3 is 24.3 Å². The Morgan fingerprint density at radius 2 is 1.88 bits per heavy atom. The van der Waals surface area contributed by atoms with E-state index in [1.54, 1.807) is 32.2 Å². The summed E-state index contributed by atoms with van der Waals surface area (Å²) in [6.07, 6.45) is 0.809. The first-order valence-corrected chi connectivity index (χ1v) is 11.4. The molecule has 0 saturated heterocycles. The third-order valence-corrected chi connectivity index (χ3v) is 6.60. The number of carbonyl (C=O) groups is 3. The zero-order valence-electron chi connectivity index (χ0n) is 20.8. The number of benzene rings is 1. The molecule has 0 amide bonds. The Morgan fingerprint density at radius 1 is 1.18 bits per heavy atom. The highest BCUT2D eigenvalue weighted by Gasteiger charge is 2.48. The van der Waals surface area contributed by atoms with E-state index in [1.165, 1.54) is 14.2 Å². The van der Waals surface area contributed by atoms with Crippen LogP contribution in [0.1, 0.15) is 52.0 Å². The van der Waals surface area contributed by atoms with Crippen LogP contribution in [-0.4, -0.2) is 45.2 Å². The second-order valence-corrected chi connectivity index (χ2v) is 8.77. The van der Waals surface area contributed by atoms with Crippen LogP contribution < -0.4 is 14.8 Å². The van der Waals surface area contributed by atoms with Crippen LogP contribution in [-0.2, 0) is 23.9 Å². The average Bonchev–Trinajstić information content (AvgIpc) is 2.82. The minimum atomic E-state index is -0.956. The van der Waals surface area contributed by atoms with Gasteiger partial charge in [-0.2, -0.15) is 0 Å². The highest BCUT2D eigenvalue weighted by molar-refractivity contribution is 6.12. The third kappa shape index (κ3) is 4.54. The molecule has 0 bridgehead atoms. The Morgan fingerprint density at radius 3 is 2.47 bits per heavy atom. The molecule has 1 aromatic carbocycles. The molecular weight excluding hydrogens is 438 g/mol. The summed E-state index contributed by atoms with van der Waals surface area (Å²) in [4.78, 5) is 39.7. The molecule has 2 aliphatic rings. The minimum absolute atomic E-state index is 0.258. The Balaban J connectivity index is 2.24. The van der Waals surface area contributed by atoms with Gasteiger partial charge >= 0.3 is 11.9 Å². The molecule has 0 unspecified atom stereocenters. The van der Waals surface area contributed by atoms with Crippen molar-refractivity contribution < 1.29 is 33.3 Å². The summed E-state index contributed by atoms with van der Waals surface area (Å²) in [7, 11) is 4.34. The van der Waals surface area contributed by atoms with Gasteiger partial charge in [0, 0.05) is 28.6 Å². The van der Waals surface area contributed by atoms with E-state index in [0.29, 0.717) is 52.4 Å². The van der Waals surface area contributed by atoms with E-state index >= 15 is 0 Å². The Bertz CT molecular complexity index is 1060. The number of Topliss-reactive ketones (excluding diaryl/α,β-unsaturated/α-hetero) is 1. The van der Waals surface area contributed by atoms with Crippen molar-refractivity contribution in [2.24, 2.45) is 11.8 Å². The number of allylic oxidation sites excluding steroid dienone is 3. The molecule has 3 rings (SSSR count). The van der Waals surface area contributed by atoms with E-state index in [4.69, 9.17) is 18.9 Å². The number of hydrogen-bond acceptors (Lipinski definition) is 8. The molecular formula is C26H33NO7. The van der Waals surface area contributed by atoms with Crippen molar-refractivity contribution >= 4 is 17.7 Å². The number of ketones is 1. The lowest BCUT2D eigenvalue weighted by molar-refractivity contribution is -0.151. The number of carbonyl (C=O) groups excluding carboxylic acids is 3. The standard InChI is InChI=1S/C26H33NO7/c1-8-14(3)34-26(30)21-15(4)27-18-11-13(2)20(25(29)33-7)24(28)23(18)22(21)17-10-9-16(31-5)12-19(17)32-6/h9-10,12-14,20,22,27H,8,11H2,1-7H3/t13-,14+,20+,22+/m0/s1. The summed E-state index contributed by atoms with van der Waals surface area (Å²) in [5.41, 5.74) is 2.58. The summed E-state index contributed by atoms with van der Waals surface area (Å²) < 4.78 is 21.6. The predicted molar refractivity (Wildman–Crippen MR) is 125 cm³/mol. The van der Waals surface area contributed by atoms with Gasteiger partial charge in [-0.15, -0.1) is 0 Å². The molecule has 1 heterocycles. The first kappa shape index (κ1) is 25.3. The Labute approximate surface area is 200 Å². The van der Waals surface area contributed by atoms with Gasteiger partial charge in [0.2, 0.25) is 0 Å². The van der Waals surface area contributed by atoms with Crippen LogP contribution in [0.5, 0.6) is 11.5 Å². The van der Waals surface area contributed by atoms with Crippen LogP contribution in [0.4, 0.5) is 0 Å². The number of ether oxygens (including phenoxy) is 4. The number of methoxy groups -OCH3 is 3. The molecule has 8 heteroatoms. The summed E-state index contributed by atoms with van der Waals surface area (Å²) in [5, 5.41) is 3.26. The van der Waals surface area contributed by atoms with Crippen LogP contribution in [0.15, 0.2) is 40.7 Å². The quantitative estimate of drug-likeness (QED) is 0.475. The van der Waals surface area contributed by atoms with Gasteiger partial charge in [0.05, 0.1) is 38.9 Å². The normalized spacial score (nSPS) is 23.0. The Kier molecular flexibility index (Phi) is 7.69. The second-order valence-electron chi connectivity index (χ2n) is 8.77. The molecule has 1 N–H and O–H groups in total. The maximum Gasteiger partial charge on any atom is 0.337 e. The van der Waals surface area contributed by atoms with Gasteiger partial charge in [-0.3, -0.25) is 9.59 Å². The van der Waals surface area contributed by atoms with Gasteiger partial charge in [-0.25, -0.2) is 4.79 Å². The van der Waals surface area contributed by atoms with Gasteiger partial charge in [-0.1, -0.05) is 19.9 Å². The summed E-state index contributed by atoms with van der Waals surface area (Å²) >= 11 is 0. The average molecular weight is 472 g/mol. The van der Waals surface area contributed by atoms with E-state index in [-0.39, 0.29) is 17.8 Å². The first-order chi connectivity index (χ1) is 16.2. The monoisotopic (exact) mass is 471 g/mol. The largest absolute Gasteiger partial charge is 0.497 e. The molecule has 4 atom stereocenters. The Hall–Kier alpha value is -3.29. The summed E-state index contributed by atoms with van der Waals surface area (Å²) in [6, 6.07) is 5.24. The van der Waals surface area contributed by atoms with E-state index in [1.807, 2.05) is 20.8 Å². The van der Waals surface area contributed by atoms with Crippen molar-refractivity contribution in [2.75, 3.05) is 21.3 Å². The molecule has 0 fully saturated rings. The zero-order valence-corrected chi connectivity index (χ0v) is 20.8. The van der Waals surface area contributed by atoms with Crippen LogP contribution in [0.3, 0.4) is 0 Å². The second kappa shape index (κ2) is 10.3. The van der Waals surface area contributed by atoms with Crippen molar-refractivity contribution in [1.29, 1.82) is 0 Å². The number of hydrogen-bond donors (Lipinski definition) is 1. The molecule has 1 aliphatic heterocycles. The highest BCUT2D eigenvalue weighted by Crippen LogP contribution is 2.48. The molecule has 0 saturated carbocycles. The number of rotatable bonds is 7. The molecule has 34 heavy (non-hydrogen) atoms. The topological polar surface area (TPSA) is 100 Å². The van der Waals surface area contributed by atoms with Gasteiger partial charge in [0.15, 0.2) is 5.78 Å². The van der Waals surface area contributed by atoms with E-state index in [2.05, 4.69) is 5.32 Å². The molecule has 0 aromatic heterocycles. The smallest absolute Gasteiger partial charge is 0.337 e. The number of esters is 2. The van der Waals surface area contributed by atoms with Crippen LogP contribution in [0, 0.1) is 11.8 Å². The molecule has 1 aliphatic carbocycles. The molecule has 0 radical (unpaired) electrons. The fraction of sp³-hybridized carbons (Fsp3) is 0.500. The minimum Gasteiger partial charge on any atom is -0.497 e. The molecule has 184 valence electrons. The molecule has 8 nitrogen and oxygen atoms in total. The number of dihydropyridines is 1. The third-order valence-electron chi connectivity index (χ3n) is 6.60. The van der Waals surface area contributed by atoms with Crippen LogP contribution in [0.2, 0.25) is 0 Å². The van der Waals surface area contributed by atoms with E-state index < -0.39 is 23.8 Å². The lowest BCUT2D eigenvalue weighted by atomic mass is 9.69. The van der Waals surface area contributed by atoms with Crippen molar-refractivity contribution in [2.45, 2.75) is 52.6 Å². The van der Waals surface area contributed by atoms with Crippen molar-refractivity contribution in [1.82, 2.24) is 5.32 Å². The van der Waals surface area contributed by atoms with Crippen molar-refractivity contribution in [3.8, 4) is 11.5 Å². The van der Waals surface area contributed by atoms with Crippen LogP contribution in [0.25, 0.3) is 0 Å². The maximum absolute atomic E-state index is 13.8. The fourth-order valence-electron chi connectivity index (χ4n) is 4.65. The molecule has 1 aromatic rings. The SMILES string of the molecule is CC[C@@H](C)OC(=O)C1=C(C)NC2=C(C(=O)[C@H](C(=O)OC)[C@@H](C)C2)[C@@H]1c1ccc(OC)cc1OC. The van der Waals surface area contributed by atoms with E-state index in [0.717, 1.165) is 0 Å². The predicted octanol–water partition coefficient (Wildman–Crippen LogP) is 3.66. The van der Waals surface area contributed by atoms with Gasteiger partial charge in [0.25, 0.3) is 0 Å². The fourth-order valence-corrected chi connectivity index (χ4v) is 4.65. The summed E-state index contributed by atoms with van der Waals surface area (Å²) in [6.45, 7) is 7.38.